The van der Waals surface area contributed by atoms with E-state index in [4.69, 9.17) is 9.47 Å². The van der Waals surface area contributed by atoms with Crippen LogP contribution in [0.1, 0.15) is 34.3 Å². The molecule has 23 heavy (non-hydrogen) atoms. The third kappa shape index (κ3) is 2.94. The number of hydrogen-bond acceptors (Lipinski definition) is 3. The summed E-state index contributed by atoms with van der Waals surface area (Å²) >= 11 is 0. The molecule has 0 bridgehead atoms. The second kappa shape index (κ2) is 5.91. The highest BCUT2D eigenvalue weighted by Crippen LogP contribution is 2.48. The summed E-state index contributed by atoms with van der Waals surface area (Å²) in [6, 6.07) is 17.8. The fraction of sp³-hybridized carbons (Fsp3) is 0.300. The molecular formula is C20H19O3. The maximum absolute atomic E-state index is 12.3. The Morgan fingerprint density at radius 3 is 2.22 bits per heavy atom. The predicted molar refractivity (Wildman–Crippen MR) is 87.1 cm³/mol. The molecule has 0 atom stereocenters. The SMILES string of the molecule is O=C(Cc1ccccc1)c1ccc([C]2CC3(C2)OCCO3)cc1. The first-order chi connectivity index (χ1) is 11.2. The van der Waals surface area contributed by atoms with Gasteiger partial charge in [0.2, 0.25) is 0 Å². The molecule has 2 fully saturated rings. The number of rotatable bonds is 4. The summed E-state index contributed by atoms with van der Waals surface area (Å²) in [6.07, 6.45) is 2.12. The van der Waals surface area contributed by atoms with Gasteiger partial charge in [0.1, 0.15) is 0 Å². The number of Topliss-reactive ketones (excluding diaryl/α,β-unsaturated/α-hetero) is 1. The summed E-state index contributed by atoms with van der Waals surface area (Å²) in [5.41, 5.74) is 3.00. The Morgan fingerprint density at radius 1 is 0.913 bits per heavy atom. The van der Waals surface area contributed by atoms with Gasteiger partial charge in [-0.3, -0.25) is 4.79 Å². The van der Waals surface area contributed by atoms with Crippen molar-refractivity contribution in [1.82, 2.24) is 0 Å². The van der Waals surface area contributed by atoms with Crippen molar-refractivity contribution in [2.24, 2.45) is 0 Å². The van der Waals surface area contributed by atoms with E-state index < -0.39 is 0 Å². The van der Waals surface area contributed by atoms with Crippen molar-refractivity contribution in [3.8, 4) is 0 Å². The Balaban J connectivity index is 1.39. The molecule has 2 aromatic carbocycles. The maximum atomic E-state index is 12.3. The van der Waals surface area contributed by atoms with Crippen LogP contribution in [-0.2, 0) is 15.9 Å². The summed E-state index contributed by atoms with van der Waals surface area (Å²) in [5, 5.41) is 0. The zero-order valence-electron chi connectivity index (χ0n) is 13.0. The Bertz CT molecular complexity index is 677. The van der Waals surface area contributed by atoms with E-state index in [1.165, 1.54) is 11.5 Å². The first-order valence-electron chi connectivity index (χ1n) is 8.04. The normalized spacial score (nSPS) is 19.7. The topological polar surface area (TPSA) is 35.5 Å². The van der Waals surface area contributed by atoms with Crippen LogP contribution in [0.25, 0.3) is 0 Å². The molecule has 0 aromatic heterocycles. The van der Waals surface area contributed by atoms with Crippen LogP contribution in [0.2, 0.25) is 0 Å². The van der Waals surface area contributed by atoms with Crippen LogP contribution in [0, 0.1) is 5.92 Å². The minimum Gasteiger partial charge on any atom is -0.347 e. The molecule has 4 rings (SSSR count). The largest absolute Gasteiger partial charge is 0.347 e. The first-order valence-corrected chi connectivity index (χ1v) is 8.04. The van der Waals surface area contributed by atoms with Crippen LogP contribution < -0.4 is 0 Å². The van der Waals surface area contributed by atoms with Crippen molar-refractivity contribution in [2.75, 3.05) is 13.2 Å². The van der Waals surface area contributed by atoms with Gasteiger partial charge in [-0.25, -0.2) is 0 Å². The van der Waals surface area contributed by atoms with E-state index in [9.17, 15) is 4.79 Å². The van der Waals surface area contributed by atoms with E-state index in [-0.39, 0.29) is 11.6 Å². The average Bonchev–Trinajstić information content (AvgIpc) is 3.05. The van der Waals surface area contributed by atoms with Gasteiger partial charge in [-0.2, -0.15) is 0 Å². The Kier molecular flexibility index (Phi) is 3.76. The number of carbonyl (C=O) groups is 1. The van der Waals surface area contributed by atoms with Gasteiger partial charge >= 0.3 is 0 Å². The van der Waals surface area contributed by atoms with Gasteiger partial charge in [0.15, 0.2) is 11.6 Å². The quantitative estimate of drug-likeness (QED) is 0.810. The smallest absolute Gasteiger partial charge is 0.170 e. The summed E-state index contributed by atoms with van der Waals surface area (Å²) in [6.45, 7) is 1.39. The van der Waals surface area contributed by atoms with Crippen molar-refractivity contribution in [3.05, 3.63) is 77.2 Å². The number of ether oxygens (including phenoxy) is 2. The standard InChI is InChI=1S/C20H19O3/c21-19(12-15-4-2-1-3-5-15)17-8-6-16(7-9-17)18-13-20(14-18)22-10-11-23-20/h1-9H,10-14H2. The van der Waals surface area contributed by atoms with Crippen molar-refractivity contribution in [1.29, 1.82) is 0 Å². The minimum absolute atomic E-state index is 0.153. The Hall–Kier alpha value is -1.97. The van der Waals surface area contributed by atoms with E-state index in [2.05, 4.69) is 0 Å². The van der Waals surface area contributed by atoms with Gasteiger partial charge < -0.3 is 9.47 Å². The second-order valence-electron chi connectivity index (χ2n) is 6.23. The van der Waals surface area contributed by atoms with Crippen molar-refractivity contribution < 1.29 is 14.3 Å². The van der Waals surface area contributed by atoms with Crippen LogP contribution in [0.4, 0.5) is 0 Å². The fourth-order valence-electron chi connectivity index (χ4n) is 3.28. The maximum Gasteiger partial charge on any atom is 0.170 e. The monoisotopic (exact) mass is 307 g/mol. The molecule has 0 amide bonds. The highest BCUT2D eigenvalue weighted by atomic mass is 16.7. The Morgan fingerprint density at radius 2 is 1.57 bits per heavy atom. The molecule has 1 heterocycles. The number of carbonyl (C=O) groups excluding carboxylic acids is 1. The van der Waals surface area contributed by atoms with Gasteiger partial charge in [-0.05, 0) is 11.1 Å². The summed E-state index contributed by atoms with van der Waals surface area (Å²) in [7, 11) is 0. The molecule has 0 unspecified atom stereocenters. The lowest BCUT2D eigenvalue weighted by atomic mass is 9.74. The lowest BCUT2D eigenvalue weighted by molar-refractivity contribution is -0.192. The van der Waals surface area contributed by atoms with Gasteiger partial charge in [-0.15, -0.1) is 0 Å². The molecule has 1 aliphatic heterocycles. The number of benzene rings is 2. The molecular weight excluding hydrogens is 288 g/mol. The minimum atomic E-state index is -0.350. The van der Waals surface area contributed by atoms with Crippen LogP contribution in [0.5, 0.6) is 0 Å². The fourth-order valence-corrected chi connectivity index (χ4v) is 3.28. The van der Waals surface area contributed by atoms with E-state index in [0.29, 0.717) is 19.6 Å². The van der Waals surface area contributed by atoms with E-state index in [1.807, 2.05) is 54.6 Å². The van der Waals surface area contributed by atoms with E-state index in [1.54, 1.807) is 0 Å². The van der Waals surface area contributed by atoms with Crippen molar-refractivity contribution in [3.63, 3.8) is 0 Å². The predicted octanol–water partition coefficient (Wildman–Crippen LogP) is 3.57. The van der Waals surface area contributed by atoms with Crippen LogP contribution in [-0.4, -0.2) is 24.8 Å². The molecule has 1 saturated carbocycles. The first kappa shape index (κ1) is 14.6. The molecule has 1 aliphatic carbocycles. The number of ketones is 1. The number of hydrogen-bond donors (Lipinski definition) is 0. The summed E-state index contributed by atoms with van der Waals surface area (Å²) in [5.74, 6) is 1.14. The summed E-state index contributed by atoms with van der Waals surface area (Å²) in [4.78, 5) is 12.3. The highest BCUT2D eigenvalue weighted by molar-refractivity contribution is 5.97. The molecule has 1 radical (unpaired) electrons. The second-order valence-corrected chi connectivity index (χ2v) is 6.23. The van der Waals surface area contributed by atoms with Gasteiger partial charge in [-0.1, -0.05) is 54.6 Å². The van der Waals surface area contributed by atoms with Crippen molar-refractivity contribution >= 4 is 5.78 Å². The average molecular weight is 307 g/mol. The lowest BCUT2D eigenvalue weighted by Gasteiger charge is -2.42. The lowest BCUT2D eigenvalue weighted by Crippen LogP contribution is -2.44. The van der Waals surface area contributed by atoms with E-state index >= 15 is 0 Å². The zero-order chi connectivity index (χ0) is 15.7. The Labute approximate surface area is 136 Å². The van der Waals surface area contributed by atoms with Crippen molar-refractivity contribution in [2.45, 2.75) is 25.0 Å². The third-order valence-electron chi connectivity index (χ3n) is 4.60. The third-order valence-corrected chi connectivity index (χ3v) is 4.60. The molecule has 1 spiro atoms. The summed E-state index contributed by atoms with van der Waals surface area (Å²) < 4.78 is 11.3. The molecule has 2 aliphatic rings. The molecule has 3 heteroatoms. The van der Waals surface area contributed by atoms with Crippen LogP contribution >= 0.6 is 0 Å². The molecule has 0 N–H and O–H groups in total. The van der Waals surface area contributed by atoms with Gasteiger partial charge in [0, 0.05) is 30.7 Å². The van der Waals surface area contributed by atoms with Crippen LogP contribution in [0.3, 0.4) is 0 Å². The van der Waals surface area contributed by atoms with Gasteiger partial charge in [0.25, 0.3) is 0 Å². The molecule has 117 valence electrons. The zero-order valence-corrected chi connectivity index (χ0v) is 13.0. The molecule has 2 aromatic rings. The van der Waals surface area contributed by atoms with Gasteiger partial charge in [0.05, 0.1) is 13.2 Å². The molecule has 3 nitrogen and oxygen atoms in total. The highest BCUT2D eigenvalue weighted by Gasteiger charge is 2.49. The van der Waals surface area contributed by atoms with Crippen LogP contribution in [0.15, 0.2) is 54.6 Å². The van der Waals surface area contributed by atoms with E-state index in [0.717, 1.165) is 24.0 Å². The molecule has 1 saturated heterocycles.